The van der Waals surface area contributed by atoms with E-state index >= 15 is 0 Å². The molecule has 0 spiro atoms. The summed E-state index contributed by atoms with van der Waals surface area (Å²) in [5, 5.41) is 12.0. The number of carboxylic acids is 1. The number of carbonyl (C=O) groups excluding carboxylic acids is 1. The van der Waals surface area contributed by atoms with Gasteiger partial charge in [-0.3, -0.25) is 4.79 Å². The smallest absolute Gasteiger partial charge is 0.330 e. The van der Waals surface area contributed by atoms with Gasteiger partial charge in [0.2, 0.25) is 5.91 Å². The Morgan fingerprint density at radius 1 is 1.04 bits per heavy atom. The van der Waals surface area contributed by atoms with E-state index in [9.17, 15) is 14.7 Å². The van der Waals surface area contributed by atoms with Crippen LogP contribution in [0.4, 0.5) is 0 Å². The van der Waals surface area contributed by atoms with E-state index in [0.29, 0.717) is 5.56 Å². The van der Waals surface area contributed by atoms with Gasteiger partial charge in [-0.25, -0.2) is 4.79 Å². The number of aliphatic carboxylic acids is 1. The normalized spacial score (nSPS) is 11.8. The molecule has 0 aliphatic heterocycles. The van der Waals surface area contributed by atoms with Crippen molar-refractivity contribution in [1.29, 1.82) is 0 Å². The molecule has 0 aliphatic carbocycles. The van der Waals surface area contributed by atoms with Gasteiger partial charge in [0.25, 0.3) is 0 Å². The van der Waals surface area contributed by atoms with Gasteiger partial charge in [0, 0.05) is 0 Å². The van der Waals surface area contributed by atoms with Crippen LogP contribution in [-0.2, 0) is 16.0 Å². The molecule has 2 N–H and O–H groups in total. The van der Waals surface area contributed by atoms with E-state index in [4.69, 9.17) is 0 Å². The first-order valence-electron chi connectivity index (χ1n) is 7.52. The molecule has 2 aromatic carbocycles. The average Bonchev–Trinajstić information content (AvgIpc) is 2.49. The van der Waals surface area contributed by atoms with Gasteiger partial charge in [-0.2, -0.15) is 0 Å². The summed E-state index contributed by atoms with van der Waals surface area (Å²) in [6.07, 6.45) is 0.175. The molecule has 0 saturated heterocycles. The van der Waals surface area contributed by atoms with E-state index in [1.165, 1.54) is 0 Å². The van der Waals surface area contributed by atoms with Crippen molar-refractivity contribution >= 4 is 11.9 Å². The van der Waals surface area contributed by atoms with Gasteiger partial charge in [0.15, 0.2) is 6.04 Å². The first kappa shape index (κ1) is 16.7. The number of hydrogen-bond acceptors (Lipinski definition) is 2. The lowest BCUT2D eigenvalue weighted by molar-refractivity contribution is -0.141. The van der Waals surface area contributed by atoms with E-state index < -0.39 is 12.0 Å². The number of carboxylic acid groups (broad SMARTS) is 1. The zero-order chi connectivity index (χ0) is 17.0. The number of rotatable bonds is 5. The molecular formula is C19H21NO3. The Morgan fingerprint density at radius 2 is 1.61 bits per heavy atom. The Balaban J connectivity index is 2.16. The predicted octanol–water partition coefficient (Wildman–Crippen LogP) is 3.10. The summed E-state index contributed by atoms with van der Waals surface area (Å²) in [5.41, 5.74) is 4.75. The Morgan fingerprint density at radius 3 is 2.13 bits per heavy atom. The van der Waals surface area contributed by atoms with E-state index in [1.807, 2.05) is 39.0 Å². The molecular weight excluding hydrogens is 290 g/mol. The molecule has 1 amide bonds. The molecule has 0 aliphatic rings. The maximum absolute atomic E-state index is 12.3. The van der Waals surface area contributed by atoms with Crippen molar-refractivity contribution in [2.45, 2.75) is 33.2 Å². The van der Waals surface area contributed by atoms with Crippen LogP contribution in [0.5, 0.6) is 0 Å². The SMILES string of the molecule is Cc1cc(C)c(CC(=O)N[C@@H](C(=O)O)c2ccccc2)c(C)c1. The lowest BCUT2D eigenvalue weighted by Gasteiger charge is -2.16. The number of carbonyl (C=O) groups is 2. The highest BCUT2D eigenvalue weighted by molar-refractivity contribution is 5.86. The Bertz CT molecular complexity index is 700. The summed E-state index contributed by atoms with van der Waals surface area (Å²) in [6.45, 7) is 5.95. The summed E-state index contributed by atoms with van der Waals surface area (Å²) in [5.74, 6) is -1.36. The fourth-order valence-electron chi connectivity index (χ4n) is 2.79. The van der Waals surface area contributed by atoms with Gasteiger partial charge >= 0.3 is 5.97 Å². The molecule has 4 nitrogen and oxygen atoms in total. The third-order valence-corrected chi connectivity index (χ3v) is 3.86. The molecule has 2 rings (SSSR count). The lowest BCUT2D eigenvalue weighted by Crippen LogP contribution is -2.35. The van der Waals surface area contributed by atoms with Crippen molar-refractivity contribution in [3.05, 3.63) is 70.3 Å². The minimum atomic E-state index is -1.07. The van der Waals surface area contributed by atoms with Gasteiger partial charge in [-0.05, 0) is 43.0 Å². The molecule has 0 aromatic heterocycles. The van der Waals surface area contributed by atoms with Gasteiger partial charge in [-0.15, -0.1) is 0 Å². The molecule has 0 unspecified atom stereocenters. The average molecular weight is 311 g/mol. The minimum absolute atomic E-state index is 0.175. The molecule has 0 bridgehead atoms. The largest absolute Gasteiger partial charge is 0.479 e. The topological polar surface area (TPSA) is 66.4 Å². The van der Waals surface area contributed by atoms with Crippen LogP contribution in [0, 0.1) is 20.8 Å². The first-order valence-corrected chi connectivity index (χ1v) is 7.52. The van der Waals surface area contributed by atoms with Gasteiger partial charge < -0.3 is 10.4 Å². The van der Waals surface area contributed by atoms with Crippen molar-refractivity contribution in [2.75, 3.05) is 0 Å². The van der Waals surface area contributed by atoms with Gasteiger partial charge in [0.05, 0.1) is 6.42 Å². The monoisotopic (exact) mass is 311 g/mol. The van der Waals surface area contributed by atoms with Gasteiger partial charge in [-0.1, -0.05) is 48.0 Å². The van der Waals surface area contributed by atoms with Crippen LogP contribution >= 0.6 is 0 Å². The van der Waals surface area contributed by atoms with Crippen LogP contribution in [0.1, 0.15) is 33.9 Å². The van der Waals surface area contributed by atoms with Crippen LogP contribution in [0.25, 0.3) is 0 Å². The van der Waals surface area contributed by atoms with Crippen molar-refractivity contribution in [3.8, 4) is 0 Å². The number of benzene rings is 2. The molecule has 2 aromatic rings. The molecule has 0 radical (unpaired) electrons. The van der Waals surface area contributed by atoms with Crippen molar-refractivity contribution in [3.63, 3.8) is 0 Å². The molecule has 4 heteroatoms. The van der Waals surface area contributed by atoms with Crippen molar-refractivity contribution in [2.24, 2.45) is 0 Å². The first-order chi connectivity index (χ1) is 10.9. The van der Waals surface area contributed by atoms with E-state index in [-0.39, 0.29) is 12.3 Å². The maximum Gasteiger partial charge on any atom is 0.330 e. The molecule has 0 heterocycles. The zero-order valence-electron chi connectivity index (χ0n) is 13.6. The molecule has 1 atom stereocenters. The van der Waals surface area contributed by atoms with E-state index in [1.54, 1.807) is 24.3 Å². The molecule has 0 fully saturated rings. The van der Waals surface area contributed by atoms with Crippen LogP contribution in [0.15, 0.2) is 42.5 Å². The number of hydrogen-bond donors (Lipinski definition) is 2. The highest BCUT2D eigenvalue weighted by Gasteiger charge is 2.22. The third-order valence-electron chi connectivity index (χ3n) is 3.86. The minimum Gasteiger partial charge on any atom is -0.479 e. The number of nitrogens with one attached hydrogen (secondary N) is 1. The second-order valence-corrected chi connectivity index (χ2v) is 5.80. The number of aryl methyl sites for hydroxylation is 3. The highest BCUT2D eigenvalue weighted by Crippen LogP contribution is 2.18. The van der Waals surface area contributed by atoms with Crippen LogP contribution in [-0.4, -0.2) is 17.0 Å². The fraction of sp³-hybridized carbons (Fsp3) is 0.263. The fourth-order valence-corrected chi connectivity index (χ4v) is 2.79. The summed E-state index contributed by atoms with van der Waals surface area (Å²) in [7, 11) is 0. The Labute approximate surface area is 136 Å². The summed E-state index contributed by atoms with van der Waals surface area (Å²) >= 11 is 0. The predicted molar refractivity (Wildman–Crippen MR) is 89.3 cm³/mol. The second kappa shape index (κ2) is 7.09. The number of amides is 1. The van der Waals surface area contributed by atoms with Crippen molar-refractivity contribution in [1.82, 2.24) is 5.32 Å². The van der Waals surface area contributed by atoms with Crippen LogP contribution in [0.3, 0.4) is 0 Å². The van der Waals surface area contributed by atoms with Crippen LogP contribution < -0.4 is 5.32 Å². The molecule has 0 saturated carbocycles. The summed E-state index contributed by atoms with van der Waals surface area (Å²) in [4.78, 5) is 23.8. The quantitative estimate of drug-likeness (QED) is 0.891. The zero-order valence-corrected chi connectivity index (χ0v) is 13.6. The van der Waals surface area contributed by atoms with E-state index in [2.05, 4.69) is 5.32 Å². The Hall–Kier alpha value is -2.62. The third kappa shape index (κ3) is 4.19. The maximum atomic E-state index is 12.3. The van der Waals surface area contributed by atoms with Crippen LogP contribution in [0.2, 0.25) is 0 Å². The summed E-state index contributed by atoms with van der Waals surface area (Å²) < 4.78 is 0. The second-order valence-electron chi connectivity index (χ2n) is 5.80. The highest BCUT2D eigenvalue weighted by atomic mass is 16.4. The molecule has 120 valence electrons. The van der Waals surface area contributed by atoms with Gasteiger partial charge in [0.1, 0.15) is 0 Å². The van der Waals surface area contributed by atoms with Crippen molar-refractivity contribution < 1.29 is 14.7 Å². The molecule has 23 heavy (non-hydrogen) atoms. The Kier molecular flexibility index (Phi) is 5.16. The summed E-state index contributed by atoms with van der Waals surface area (Å²) in [6, 6.07) is 11.7. The standard InChI is InChI=1S/C19H21NO3/c1-12-9-13(2)16(14(3)10-12)11-17(21)20-18(19(22)23)15-7-5-4-6-8-15/h4-10,18H,11H2,1-3H3,(H,20,21)(H,22,23)/t18-/m1/s1. The lowest BCUT2D eigenvalue weighted by atomic mass is 9.97. The van der Waals surface area contributed by atoms with E-state index in [0.717, 1.165) is 22.3 Å².